The number of nitrogens with one attached hydrogen (secondary N) is 1. The molecule has 30 heavy (non-hydrogen) atoms. The Morgan fingerprint density at radius 2 is 1.23 bits per heavy atom. The molecule has 1 amide bonds. The van der Waals surface area contributed by atoms with Crippen molar-refractivity contribution >= 4 is 125 Å². The van der Waals surface area contributed by atoms with E-state index in [0.29, 0.717) is 0 Å². The highest BCUT2D eigenvalue weighted by molar-refractivity contribution is 14.1. The van der Waals surface area contributed by atoms with E-state index in [4.69, 9.17) is 28.9 Å². The number of amides is 1. The van der Waals surface area contributed by atoms with Crippen LogP contribution in [0.1, 0.15) is 41.4 Å². The first kappa shape index (κ1) is 24.0. The van der Waals surface area contributed by atoms with E-state index in [9.17, 15) is 24.0 Å². The van der Waals surface area contributed by atoms with Crippen molar-refractivity contribution in [3.8, 4) is 0 Å². The molecule has 1 aliphatic carbocycles. The molecule has 0 saturated heterocycles. The highest BCUT2D eigenvalue weighted by Gasteiger charge is 2.56. The summed E-state index contributed by atoms with van der Waals surface area (Å²) in [6, 6.07) is 5.92. The number of halogens is 5. The van der Waals surface area contributed by atoms with Crippen molar-refractivity contribution in [3.05, 3.63) is 57.2 Å². The van der Waals surface area contributed by atoms with E-state index in [1.807, 2.05) is 0 Å². The van der Waals surface area contributed by atoms with Crippen LogP contribution in [0.5, 0.6) is 0 Å². The van der Waals surface area contributed by atoms with Crippen LogP contribution in [-0.4, -0.2) is 33.5 Å². The highest BCUT2D eigenvalue weighted by Crippen LogP contribution is 2.38. The number of fused-ring (bicyclic) bond motifs is 1. The van der Waals surface area contributed by atoms with Gasteiger partial charge in [-0.3, -0.25) is 24.0 Å². The zero-order chi connectivity index (χ0) is 22.5. The Labute approximate surface area is 220 Å². The van der Waals surface area contributed by atoms with Crippen LogP contribution in [0.3, 0.4) is 0 Å². The average Bonchev–Trinajstić information content (AvgIpc) is 2.87. The van der Waals surface area contributed by atoms with Crippen molar-refractivity contribution in [2.75, 3.05) is 5.32 Å². The van der Waals surface area contributed by atoms with Crippen LogP contribution in [-0.2, 0) is 4.79 Å². The number of carbonyl (C=O) groups excluding carboxylic acids is 5. The lowest BCUT2D eigenvalue weighted by Gasteiger charge is -2.22. The molecule has 2 aromatic carbocycles. The van der Waals surface area contributed by atoms with Gasteiger partial charge in [-0.25, -0.2) is 0 Å². The fraction of sp³-hybridized carbons (Fsp3) is 0.0556. The Bertz CT molecular complexity index is 1120. The summed E-state index contributed by atoms with van der Waals surface area (Å²) in [6.45, 7) is 0. The Balaban J connectivity index is 2.15. The first-order valence-corrected chi connectivity index (χ1v) is 11.8. The lowest BCUT2D eigenvalue weighted by atomic mass is 9.93. The number of benzene rings is 2. The van der Waals surface area contributed by atoms with E-state index in [2.05, 4.69) is 5.32 Å². The van der Waals surface area contributed by atoms with E-state index in [0.717, 1.165) is 0 Å². The molecular weight excluding hydrogens is 776 g/mol. The van der Waals surface area contributed by atoms with Crippen LogP contribution in [0.15, 0.2) is 24.3 Å². The molecule has 0 bridgehead atoms. The van der Waals surface area contributed by atoms with Crippen molar-refractivity contribution in [2.45, 2.75) is 5.54 Å². The van der Waals surface area contributed by atoms with Crippen molar-refractivity contribution in [1.29, 1.82) is 0 Å². The van der Waals surface area contributed by atoms with Gasteiger partial charge in [-0.2, -0.15) is 0 Å². The van der Waals surface area contributed by atoms with Crippen LogP contribution in [0.4, 0.5) is 5.69 Å². The van der Waals surface area contributed by atoms with Gasteiger partial charge in [-0.05, 0) is 91.0 Å². The zero-order valence-corrected chi connectivity index (χ0v) is 22.3. The summed E-state index contributed by atoms with van der Waals surface area (Å²) in [7, 11) is 0. The first-order chi connectivity index (χ1) is 13.9. The number of hydrogen-bond acceptors (Lipinski definition) is 6. The summed E-state index contributed by atoms with van der Waals surface area (Å²) >= 11 is 16.6. The quantitative estimate of drug-likeness (QED) is 0.275. The maximum absolute atomic E-state index is 13.1. The summed E-state index contributed by atoms with van der Waals surface area (Å²) in [4.78, 5) is 62.5. The van der Waals surface area contributed by atoms with Gasteiger partial charge >= 0.3 is 0 Å². The molecule has 2 aromatic rings. The van der Waals surface area contributed by atoms with E-state index in [1.54, 1.807) is 79.9 Å². The molecule has 0 spiro atoms. The molecule has 12 heteroatoms. The van der Waals surface area contributed by atoms with E-state index in [1.165, 1.54) is 12.1 Å². The lowest BCUT2D eigenvalue weighted by Crippen LogP contribution is -2.59. The second-order valence-electron chi connectivity index (χ2n) is 6.08. The molecule has 0 saturated carbocycles. The molecule has 0 heterocycles. The number of nitrogens with two attached hydrogens (primary N) is 1. The third kappa shape index (κ3) is 3.62. The van der Waals surface area contributed by atoms with Crippen LogP contribution < -0.4 is 11.1 Å². The largest absolute Gasteiger partial charge is 0.322 e. The second-order valence-corrected chi connectivity index (χ2v) is 10.0. The number of carbonyl (C=O) groups is 5. The highest BCUT2D eigenvalue weighted by atomic mass is 127. The van der Waals surface area contributed by atoms with Gasteiger partial charge in [-0.15, -0.1) is 0 Å². The molecule has 1 aliphatic rings. The molecule has 0 aliphatic heterocycles. The lowest BCUT2D eigenvalue weighted by molar-refractivity contribution is -0.118. The summed E-state index contributed by atoms with van der Waals surface area (Å²) < 4.78 is 0.619. The van der Waals surface area contributed by atoms with E-state index < -0.39 is 33.5 Å². The van der Waals surface area contributed by atoms with E-state index in [-0.39, 0.29) is 38.7 Å². The molecule has 3 N–H and O–H groups in total. The van der Waals surface area contributed by atoms with Crippen molar-refractivity contribution < 1.29 is 24.0 Å². The number of hydrogen-bond donors (Lipinski definition) is 2. The zero-order valence-electron chi connectivity index (χ0n) is 14.3. The minimum absolute atomic E-state index is 0.00371. The molecule has 0 unspecified atom stereocenters. The van der Waals surface area contributed by atoms with Crippen molar-refractivity contribution in [1.82, 2.24) is 0 Å². The Kier molecular flexibility index (Phi) is 6.94. The van der Waals surface area contributed by atoms with Crippen LogP contribution in [0.2, 0.25) is 0 Å². The number of Topliss-reactive ketones (excluding diaryl/α,β-unsaturated/α-hetero) is 2. The fourth-order valence-corrected chi connectivity index (χ4v) is 8.38. The topological polar surface area (TPSA) is 123 Å². The van der Waals surface area contributed by atoms with Gasteiger partial charge in [0.1, 0.15) is 0 Å². The number of rotatable bonds is 4. The second kappa shape index (κ2) is 8.69. The molecule has 7 nitrogen and oxygen atoms in total. The van der Waals surface area contributed by atoms with Gasteiger partial charge in [0.2, 0.25) is 17.1 Å². The van der Waals surface area contributed by atoms with Crippen LogP contribution >= 0.6 is 91.0 Å². The molecule has 3 rings (SSSR count). The Morgan fingerprint density at radius 1 is 0.833 bits per heavy atom. The van der Waals surface area contributed by atoms with Gasteiger partial charge in [0.25, 0.3) is 16.4 Å². The molecular formula is C18H7Cl2I3N2O5. The molecule has 154 valence electrons. The SMILES string of the molecule is NC1(C(=O)Nc2c(I)c(C(=O)Cl)c(I)c(C(=O)Cl)c2I)C(=O)c2ccccc2C1=O. The minimum Gasteiger partial charge on any atom is -0.322 e. The van der Waals surface area contributed by atoms with Crippen LogP contribution in [0, 0.1) is 10.7 Å². The van der Waals surface area contributed by atoms with Gasteiger partial charge in [-0.1, -0.05) is 24.3 Å². The van der Waals surface area contributed by atoms with Gasteiger partial charge in [0, 0.05) is 14.7 Å². The monoisotopic (exact) mass is 782 g/mol. The van der Waals surface area contributed by atoms with Crippen LogP contribution in [0.25, 0.3) is 0 Å². The Hall–Kier alpha value is -0.680. The smallest absolute Gasteiger partial charge is 0.260 e. The van der Waals surface area contributed by atoms with Gasteiger partial charge < -0.3 is 11.1 Å². The fourth-order valence-electron chi connectivity index (χ4n) is 2.94. The van der Waals surface area contributed by atoms with Gasteiger partial charge in [0.15, 0.2) is 0 Å². The summed E-state index contributed by atoms with van der Waals surface area (Å²) in [6.07, 6.45) is 0. The summed E-state index contributed by atoms with van der Waals surface area (Å²) in [5.74, 6) is -2.80. The predicted molar refractivity (Wildman–Crippen MR) is 136 cm³/mol. The number of anilines is 1. The third-order valence-electron chi connectivity index (χ3n) is 4.44. The maximum Gasteiger partial charge on any atom is 0.260 e. The molecule has 0 atom stereocenters. The minimum atomic E-state index is -2.49. The molecule has 0 radical (unpaired) electrons. The van der Waals surface area contributed by atoms with E-state index >= 15 is 0 Å². The third-order valence-corrected chi connectivity index (χ3v) is 8.05. The van der Waals surface area contributed by atoms with Crippen molar-refractivity contribution in [3.63, 3.8) is 0 Å². The number of ketones is 2. The predicted octanol–water partition coefficient (Wildman–Crippen LogP) is 3.97. The summed E-state index contributed by atoms with van der Waals surface area (Å²) in [5, 5.41) is 0.675. The average molecular weight is 783 g/mol. The summed E-state index contributed by atoms with van der Waals surface area (Å²) in [5.41, 5.74) is 3.51. The normalized spacial score (nSPS) is 14.5. The molecule has 0 fully saturated rings. The standard InChI is InChI=1S/C18H7Cl2I3N2O5/c19-15(28)7-9(21)8(16(20)29)11(23)12(10(7)22)25-17(30)18(24)13(26)5-3-1-2-4-6(5)14(18)27/h1-4H,24H2,(H,25,30). The molecule has 0 aromatic heterocycles. The Morgan fingerprint density at radius 3 is 1.60 bits per heavy atom. The first-order valence-electron chi connectivity index (χ1n) is 7.83. The van der Waals surface area contributed by atoms with Crippen molar-refractivity contribution in [2.24, 2.45) is 5.73 Å². The van der Waals surface area contributed by atoms with Gasteiger partial charge in [0.05, 0.1) is 24.0 Å². The maximum atomic E-state index is 13.1.